The van der Waals surface area contributed by atoms with Gasteiger partial charge in [0.05, 0.1) is 18.2 Å². The molecule has 0 aromatic heterocycles. The molecule has 0 unspecified atom stereocenters. The summed E-state index contributed by atoms with van der Waals surface area (Å²) in [5.41, 5.74) is 0.314. The van der Waals surface area contributed by atoms with E-state index in [2.05, 4.69) is 5.32 Å². The van der Waals surface area contributed by atoms with Crippen molar-refractivity contribution in [2.45, 2.75) is 19.8 Å². The quantitative estimate of drug-likeness (QED) is 0.470. The third-order valence-corrected chi connectivity index (χ3v) is 3.79. The van der Waals surface area contributed by atoms with Crippen LogP contribution in [0.5, 0.6) is 11.5 Å². The first kappa shape index (κ1) is 21.5. The Morgan fingerprint density at radius 1 is 1.11 bits per heavy atom. The van der Waals surface area contributed by atoms with E-state index >= 15 is 0 Å². The summed E-state index contributed by atoms with van der Waals surface area (Å²) < 4.78 is 29.0. The molecule has 2 aromatic carbocycles. The van der Waals surface area contributed by atoms with Crippen LogP contribution in [0.3, 0.4) is 0 Å². The molecule has 1 amide bonds. The van der Waals surface area contributed by atoms with Crippen molar-refractivity contribution in [2.75, 3.05) is 25.1 Å². The van der Waals surface area contributed by atoms with Gasteiger partial charge < -0.3 is 19.5 Å². The van der Waals surface area contributed by atoms with Gasteiger partial charge in [-0.15, -0.1) is 0 Å². The highest BCUT2D eigenvalue weighted by Gasteiger charge is 2.10. The van der Waals surface area contributed by atoms with Crippen LogP contribution in [0.2, 0.25) is 5.02 Å². The number of hydrogen-bond donors (Lipinski definition) is 1. The van der Waals surface area contributed by atoms with E-state index in [0.717, 1.165) is 6.07 Å². The van der Waals surface area contributed by atoms with Gasteiger partial charge in [0.1, 0.15) is 5.82 Å². The zero-order chi connectivity index (χ0) is 20.4. The van der Waals surface area contributed by atoms with Gasteiger partial charge in [0.15, 0.2) is 18.1 Å². The highest BCUT2D eigenvalue weighted by atomic mass is 35.5. The van der Waals surface area contributed by atoms with Gasteiger partial charge in [0.25, 0.3) is 5.91 Å². The highest BCUT2D eigenvalue weighted by molar-refractivity contribution is 6.31. The van der Waals surface area contributed by atoms with E-state index < -0.39 is 24.3 Å². The number of ether oxygens (including phenoxy) is 3. The Bertz CT molecular complexity index is 815. The maximum Gasteiger partial charge on any atom is 0.306 e. The van der Waals surface area contributed by atoms with Crippen LogP contribution in [0.4, 0.5) is 10.1 Å². The molecule has 0 aliphatic rings. The zero-order valence-electron chi connectivity index (χ0n) is 15.4. The first-order chi connectivity index (χ1) is 13.5. The Labute approximate surface area is 167 Å². The summed E-state index contributed by atoms with van der Waals surface area (Å²) in [4.78, 5) is 23.5. The van der Waals surface area contributed by atoms with Gasteiger partial charge in [-0.3, -0.25) is 9.59 Å². The van der Waals surface area contributed by atoms with Gasteiger partial charge in [-0.1, -0.05) is 23.7 Å². The van der Waals surface area contributed by atoms with Gasteiger partial charge >= 0.3 is 5.97 Å². The molecule has 0 saturated carbocycles. The van der Waals surface area contributed by atoms with Crippen molar-refractivity contribution in [1.29, 1.82) is 0 Å². The van der Waals surface area contributed by atoms with E-state index in [1.54, 1.807) is 12.1 Å². The molecular weight excluding hydrogens is 389 g/mol. The van der Waals surface area contributed by atoms with E-state index in [1.165, 1.54) is 12.1 Å². The van der Waals surface area contributed by atoms with Crippen LogP contribution in [-0.4, -0.2) is 31.7 Å². The van der Waals surface area contributed by atoms with Gasteiger partial charge in [0.2, 0.25) is 0 Å². The molecule has 1 N–H and O–H groups in total. The Hall–Kier alpha value is -2.80. The minimum atomic E-state index is -0.586. The number of carbonyl (C=O) groups excluding carboxylic acids is 2. The standard InChI is InChI=1S/C20H21ClFNO5/c1-2-26-17-6-3-4-7-18(17)27-11-5-8-20(25)28-13-19(24)23-14-9-10-16(22)15(21)12-14/h3-4,6-7,9-10,12H,2,5,8,11,13H2,1H3,(H,23,24). The molecule has 0 spiro atoms. The van der Waals surface area contributed by atoms with E-state index in [1.807, 2.05) is 19.1 Å². The second-order valence-corrected chi connectivity index (χ2v) is 6.08. The van der Waals surface area contributed by atoms with Crippen LogP contribution in [0.1, 0.15) is 19.8 Å². The van der Waals surface area contributed by atoms with Crippen molar-refractivity contribution >= 4 is 29.2 Å². The molecule has 8 heteroatoms. The molecule has 0 bridgehead atoms. The average Bonchev–Trinajstić information content (AvgIpc) is 2.68. The number of halogens is 2. The topological polar surface area (TPSA) is 73.9 Å². The summed E-state index contributed by atoms with van der Waals surface area (Å²) in [6, 6.07) is 11.0. The number of para-hydroxylation sites is 2. The van der Waals surface area contributed by atoms with Crippen molar-refractivity contribution in [3.8, 4) is 11.5 Å². The number of anilines is 1. The van der Waals surface area contributed by atoms with Gasteiger partial charge in [-0.05, 0) is 43.7 Å². The summed E-state index contributed by atoms with van der Waals surface area (Å²) in [5, 5.41) is 2.36. The Balaban J connectivity index is 1.66. The van der Waals surface area contributed by atoms with Crippen LogP contribution in [0.25, 0.3) is 0 Å². The van der Waals surface area contributed by atoms with Crippen LogP contribution in [0.15, 0.2) is 42.5 Å². The zero-order valence-corrected chi connectivity index (χ0v) is 16.1. The van der Waals surface area contributed by atoms with Gasteiger partial charge in [0, 0.05) is 12.1 Å². The minimum absolute atomic E-state index is 0.104. The monoisotopic (exact) mass is 409 g/mol. The Kier molecular flexibility index (Phi) is 8.55. The maximum atomic E-state index is 13.1. The second kappa shape index (κ2) is 11.1. The lowest BCUT2D eigenvalue weighted by Gasteiger charge is -2.11. The number of carbonyl (C=O) groups is 2. The predicted molar refractivity (Wildman–Crippen MR) is 103 cm³/mol. The average molecular weight is 410 g/mol. The molecular formula is C20H21ClFNO5. The van der Waals surface area contributed by atoms with Crippen LogP contribution in [0, 0.1) is 5.82 Å². The summed E-state index contributed by atoms with van der Waals surface area (Å²) in [7, 11) is 0. The fourth-order valence-electron chi connectivity index (χ4n) is 2.23. The lowest BCUT2D eigenvalue weighted by atomic mass is 10.3. The van der Waals surface area contributed by atoms with Crippen molar-refractivity contribution < 1.29 is 28.2 Å². The van der Waals surface area contributed by atoms with Crippen LogP contribution < -0.4 is 14.8 Å². The minimum Gasteiger partial charge on any atom is -0.490 e. The summed E-state index contributed by atoms with van der Waals surface area (Å²) in [5.74, 6) is -0.399. The SMILES string of the molecule is CCOc1ccccc1OCCCC(=O)OCC(=O)Nc1ccc(F)c(Cl)c1. The van der Waals surface area contributed by atoms with E-state index in [0.29, 0.717) is 36.8 Å². The molecule has 0 radical (unpaired) electrons. The van der Waals surface area contributed by atoms with Gasteiger partial charge in [-0.25, -0.2) is 4.39 Å². The first-order valence-electron chi connectivity index (χ1n) is 8.74. The Morgan fingerprint density at radius 2 is 1.82 bits per heavy atom. The van der Waals surface area contributed by atoms with Crippen molar-refractivity contribution in [3.63, 3.8) is 0 Å². The fraction of sp³-hybridized carbons (Fsp3) is 0.300. The highest BCUT2D eigenvalue weighted by Crippen LogP contribution is 2.26. The molecule has 0 fully saturated rings. The molecule has 6 nitrogen and oxygen atoms in total. The molecule has 0 aliphatic heterocycles. The second-order valence-electron chi connectivity index (χ2n) is 5.67. The van der Waals surface area contributed by atoms with Crippen molar-refractivity contribution in [2.24, 2.45) is 0 Å². The van der Waals surface area contributed by atoms with E-state index in [-0.39, 0.29) is 11.4 Å². The number of hydrogen-bond acceptors (Lipinski definition) is 5. The summed E-state index contributed by atoms with van der Waals surface area (Å²) >= 11 is 5.64. The Morgan fingerprint density at radius 3 is 2.50 bits per heavy atom. The largest absolute Gasteiger partial charge is 0.490 e. The van der Waals surface area contributed by atoms with Crippen LogP contribution >= 0.6 is 11.6 Å². The number of esters is 1. The third kappa shape index (κ3) is 7.08. The lowest BCUT2D eigenvalue weighted by molar-refractivity contribution is -0.147. The summed E-state index contributed by atoms with van der Waals surface area (Å²) in [6.07, 6.45) is 0.529. The molecule has 0 aliphatic carbocycles. The third-order valence-electron chi connectivity index (χ3n) is 3.50. The molecule has 28 heavy (non-hydrogen) atoms. The fourth-order valence-corrected chi connectivity index (χ4v) is 2.41. The number of amides is 1. The molecule has 0 heterocycles. The van der Waals surface area contributed by atoms with Gasteiger partial charge in [-0.2, -0.15) is 0 Å². The first-order valence-corrected chi connectivity index (χ1v) is 9.12. The van der Waals surface area contributed by atoms with Crippen LogP contribution in [-0.2, 0) is 14.3 Å². The number of benzene rings is 2. The normalized spacial score (nSPS) is 10.2. The van der Waals surface area contributed by atoms with Crippen molar-refractivity contribution in [1.82, 2.24) is 0 Å². The number of rotatable bonds is 10. The molecule has 0 saturated heterocycles. The molecule has 150 valence electrons. The lowest BCUT2D eigenvalue weighted by Crippen LogP contribution is -2.21. The summed E-state index contributed by atoms with van der Waals surface area (Å²) in [6.45, 7) is 2.27. The van der Waals surface area contributed by atoms with E-state index in [4.69, 9.17) is 25.8 Å². The molecule has 2 aromatic rings. The molecule has 0 atom stereocenters. The van der Waals surface area contributed by atoms with Crippen molar-refractivity contribution in [3.05, 3.63) is 53.3 Å². The maximum absolute atomic E-state index is 13.1. The predicted octanol–water partition coefficient (Wildman–Crippen LogP) is 4.22. The van der Waals surface area contributed by atoms with E-state index in [9.17, 15) is 14.0 Å². The molecule has 2 rings (SSSR count). The number of nitrogens with one attached hydrogen (secondary N) is 1. The smallest absolute Gasteiger partial charge is 0.306 e.